The van der Waals surface area contributed by atoms with E-state index in [2.05, 4.69) is 26.2 Å². The highest BCUT2D eigenvalue weighted by Gasteiger charge is 2.20. The lowest BCUT2D eigenvalue weighted by atomic mass is 10.1. The molecule has 0 spiro atoms. The molecule has 0 amide bonds. The number of benzene rings is 2. The molecule has 0 radical (unpaired) electrons. The number of aliphatic hydroxyl groups excluding tert-OH is 1. The first-order valence-corrected chi connectivity index (χ1v) is 9.92. The quantitative estimate of drug-likeness (QED) is 0.677. The molecule has 6 heteroatoms. The highest BCUT2D eigenvalue weighted by molar-refractivity contribution is 7.71. The Morgan fingerprint density at radius 3 is 2.56 bits per heavy atom. The number of nitrogens with zero attached hydrogens (tertiary/aromatic N) is 3. The standard InChI is InChI=1S/C21H25N3O2S/c1-2-26-18-11-9-16(10-12-18)24-20-8-4-3-7-19(20)23(21(24)27)15-22-13-5-6-17(25)14-22/h3-4,7-12,17,25H,2,5-6,13-15H2,1H3/t17-/m1/s1. The molecule has 5 nitrogen and oxygen atoms in total. The fraction of sp³-hybridized carbons (Fsp3) is 0.381. The topological polar surface area (TPSA) is 42.6 Å². The van der Waals surface area contributed by atoms with E-state index in [1.54, 1.807) is 0 Å². The molecule has 2 heterocycles. The smallest absolute Gasteiger partial charge is 0.186 e. The number of hydrogen-bond donors (Lipinski definition) is 1. The Bertz CT molecular complexity index is 977. The summed E-state index contributed by atoms with van der Waals surface area (Å²) in [6, 6.07) is 16.3. The molecule has 0 unspecified atom stereocenters. The number of ether oxygens (including phenoxy) is 1. The SMILES string of the molecule is CCOc1ccc(-n2c(=S)n(CN3CCC[C@@H](O)C3)c3ccccc32)cc1. The number of likely N-dealkylation sites (tertiary alicyclic amines) is 1. The molecular formula is C21H25N3O2S. The van der Waals surface area contributed by atoms with Gasteiger partial charge in [-0.15, -0.1) is 0 Å². The summed E-state index contributed by atoms with van der Waals surface area (Å²) in [5.74, 6) is 0.860. The van der Waals surface area contributed by atoms with E-state index in [-0.39, 0.29) is 6.10 Å². The third-order valence-corrected chi connectivity index (χ3v) is 5.47. The molecule has 1 atom stereocenters. The second-order valence-electron chi connectivity index (χ2n) is 6.98. The second kappa shape index (κ2) is 7.84. The fourth-order valence-electron chi connectivity index (χ4n) is 3.81. The highest BCUT2D eigenvalue weighted by Crippen LogP contribution is 2.25. The van der Waals surface area contributed by atoms with Crippen molar-refractivity contribution >= 4 is 23.3 Å². The van der Waals surface area contributed by atoms with Crippen LogP contribution in [0.15, 0.2) is 48.5 Å². The van der Waals surface area contributed by atoms with E-state index in [4.69, 9.17) is 17.0 Å². The van der Waals surface area contributed by atoms with Crippen LogP contribution in [0.25, 0.3) is 16.7 Å². The maximum absolute atomic E-state index is 10.00. The molecule has 1 aliphatic heterocycles. The van der Waals surface area contributed by atoms with Gasteiger partial charge in [-0.2, -0.15) is 0 Å². The van der Waals surface area contributed by atoms with Gasteiger partial charge in [0, 0.05) is 18.8 Å². The summed E-state index contributed by atoms with van der Waals surface area (Å²) in [4.78, 5) is 2.28. The van der Waals surface area contributed by atoms with Gasteiger partial charge in [0.15, 0.2) is 4.77 Å². The molecule has 27 heavy (non-hydrogen) atoms. The first-order valence-electron chi connectivity index (χ1n) is 9.51. The average molecular weight is 384 g/mol. The molecule has 3 aromatic rings. The van der Waals surface area contributed by atoms with E-state index in [1.165, 1.54) is 0 Å². The molecule has 0 aliphatic carbocycles. The fourth-order valence-corrected chi connectivity index (χ4v) is 4.17. The van der Waals surface area contributed by atoms with E-state index in [1.807, 2.05) is 43.3 Å². The molecule has 1 saturated heterocycles. The van der Waals surface area contributed by atoms with Crippen LogP contribution < -0.4 is 4.74 Å². The third-order valence-electron chi connectivity index (χ3n) is 5.06. The van der Waals surface area contributed by atoms with Crippen molar-refractivity contribution in [3.63, 3.8) is 0 Å². The van der Waals surface area contributed by atoms with Crippen molar-refractivity contribution in [1.82, 2.24) is 14.0 Å². The van der Waals surface area contributed by atoms with Crippen molar-refractivity contribution in [3.8, 4) is 11.4 Å². The summed E-state index contributed by atoms with van der Waals surface area (Å²) in [6.07, 6.45) is 1.66. The summed E-state index contributed by atoms with van der Waals surface area (Å²) in [5, 5.41) is 10.00. The van der Waals surface area contributed by atoms with Gasteiger partial charge in [0.05, 0.1) is 30.4 Å². The van der Waals surface area contributed by atoms with E-state index < -0.39 is 0 Å². The lowest BCUT2D eigenvalue weighted by molar-refractivity contribution is 0.0548. The van der Waals surface area contributed by atoms with Crippen molar-refractivity contribution in [1.29, 1.82) is 0 Å². The summed E-state index contributed by atoms with van der Waals surface area (Å²) in [6.45, 7) is 5.01. The summed E-state index contributed by atoms with van der Waals surface area (Å²) >= 11 is 5.86. The minimum Gasteiger partial charge on any atom is -0.494 e. The predicted octanol–water partition coefficient (Wildman–Crippen LogP) is 3.97. The average Bonchev–Trinajstić information content (AvgIpc) is 2.95. The van der Waals surface area contributed by atoms with Crippen molar-refractivity contribution < 1.29 is 9.84 Å². The number of aromatic nitrogens is 2. The summed E-state index contributed by atoms with van der Waals surface area (Å²) in [7, 11) is 0. The van der Waals surface area contributed by atoms with Crippen LogP contribution in [0, 0.1) is 4.77 Å². The minimum atomic E-state index is -0.243. The van der Waals surface area contributed by atoms with E-state index in [0.29, 0.717) is 19.8 Å². The van der Waals surface area contributed by atoms with Crippen LogP contribution in [-0.4, -0.2) is 44.9 Å². The van der Waals surface area contributed by atoms with Gasteiger partial charge in [-0.25, -0.2) is 0 Å². The van der Waals surface area contributed by atoms with Gasteiger partial charge >= 0.3 is 0 Å². The van der Waals surface area contributed by atoms with Gasteiger partial charge in [-0.3, -0.25) is 9.47 Å². The predicted molar refractivity (Wildman–Crippen MR) is 110 cm³/mol. The molecule has 0 saturated carbocycles. The van der Waals surface area contributed by atoms with Crippen LogP contribution in [0.4, 0.5) is 0 Å². The molecule has 142 valence electrons. The molecular weight excluding hydrogens is 358 g/mol. The maximum atomic E-state index is 10.00. The number of fused-ring (bicyclic) bond motifs is 1. The number of β-amino-alcohol motifs (C(OH)–C–C–N with tert-alkyl or cyclic N) is 1. The maximum Gasteiger partial charge on any atom is 0.186 e. The Morgan fingerprint density at radius 2 is 1.85 bits per heavy atom. The Hall–Kier alpha value is -2.15. The van der Waals surface area contributed by atoms with E-state index in [0.717, 1.165) is 46.6 Å². The van der Waals surface area contributed by atoms with Gasteiger partial charge in [0.25, 0.3) is 0 Å². The van der Waals surface area contributed by atoms with Crippen molar-refractivity contribution in [2.24, 2.45) is 0 Å². The number of rotatable bonds is 5. The highest BCUT2D eigenvalue weighted by atomic mass is 32.1. The van der Waals surface area contributed by atoms with Crippen LogP contribution in [-0.2, 0) is 6.67 Å². The zero-order valence-electron chi connectivity index (χ0n) is 15.5. The van der Waals surface area contributed by atoms with Crippen LogP contribution in [0.3, 0.4) is 0 Å². The van der Waals surface area contributed by atoms with E-state index >= 15 is 0 Å². The second-order valence-corrected chi connectivity index (χ2v) is 7.34. The number of para-hydroxylation sites is 2. The Labute approximate surface area is 164 Å². The van der Waals surface area contributed by atoms with Crippen molar-refractivity contribution in [2.75, 3.05) is 19.7 Å². The van der Waals surface area contributed by atoms with Gasteiger partial charge in [0.1, 0.15) is 5.75 Å². The molecule has 4 rings (SSSR count). The monoisotopic (exact) mass is 383 g/mol. The first kappa shape index (κ1) is 18.2. The van der Waals surface area contributed by atoms with Crippen molar-refractivity contribution in [3.05, 3.63) is 53.3 Å². The molecule has 1 aliphatic rings. The Morgan fingerprint density at radius 1 is 1.11 bits per heavy atom. The largest absolute Gasteiger partial charge is 0.494 e. The van der Waals surface area contributed by atoms with Crippen molar-refractivity contribution in [2.45, 2.75) is 32.5 Å². The Balaban J connectivity index is 1.75. The lowest BCUT2D eigenvalue weighted by Crippen LogP contribution is -2.39. The summed E-state index contributed by atoms with van der Waals surface area (Å²) < 4.78 is 10.6. The molecule has 1 fully saturated rings. The molecule has 2 aromatic carbocycles. The summed E-state index contributed by atoms with van der Waals surface area (Å²) in [5.41, 5.74) is 3.22. The van der Waals surface area contributed by atoms with Gasteiger partial charge in [0.2, 0.25) is 0 Å². The van der Waals surface area contributed by atoms with Gasteiger partial charge < -0.3 is 14.4 Å². The molecule has 1 aromatic heterocycles. The zero-order valence-corrected chi connectivity index (χ0v) is 16.4. The molecule has 1 N–H and O–H groups in total. The van der Waals surface area contributed by atoms with Crippen LogP contribution in [0.2, 0.25) is 0 Å². The lowest BCUT2D eigenvalue weighted by Gasteiger charge is -2.30. The van der Waals surface area contributed by atoms with Crippen LogP contribution in [0.5, 0.6) is 5.75 Å². The van der Waals surface area contributed by atoms with Gasteiger partial charge in [-0.1, -0.05) is 12.1 Å². The third kappa shape index (κ3) is 3.65. The number of aliphatic hydroxyl groups is 1. The zero-order chi connectivity index (χ0) is 18.8. The Kier molecular flexibility index (Phi) is 5.29. The number of piperidine rings is 1. The first-order chi connectivity index (χ1) is 13.2. The minimum absolute atomic E-state index is 0.243. The number of imidazole rings is 1. The van der Waals surface area contributed by atoms with Gasteiger partial charge in [-0.05, 0) is 68.4 Å². The van der Waals surface area contributed by atoms with E-state index in [9.17, 15) is 5.11 Å². The normalized spacial score (nSPS) is 18.1. The number of hydrogen-bond acceptors (Lipinski definition) is 4. The molecule has 0 bridgehead atoms. The van der Waals surface area contributed by atoms with Crippen LogP contribution >= 0.6 is 12.2 Å². The van der Waals surface area contributed by atoms with Crippen LogP contribution in [0.1, 0.15) is 19.8 Å².